The van der Waals surface area contributed by atoms with E-state index in [-0.39, 0.29) is 5.91 Å². The minimum atomic E-state index is -0.909. The summed E-state index contributed by atoms with van der Waals surface area (Å²) in [7, 11) is 0. The first-order valence-electron chi connectivity index (χ1n) is 5.89. The zero-order chi connectivity index (χ0) is 13.1. The van der Waals surface area contributed by atoms with Crippen LogP contribution in [0.5, 0.6) is 0 Å². The van der Waals surface area contributed by atoms with Crippen molar-refractivity contribution in [3.05, 3.63) is 33.4 Å². The summed E-state index contributed by atoms with van der Waals surface area (Å²) in [5, 5.41) is 9.16. The van der Waals surface area contributed by atoms with Gasteiger partial charge in [-0.2, -0.15) is 0 Å². The number of carboxylic acids is 1. The van der Waals surface area contributed by atoms with Crippen LogP contribution in [0.1, 0.15) is 29.6 Å². The van der Waals surface area contributed by atoms with E-state index < -0.39 is 12.0 Å². The molecule has 2 rings (SSSR count). The third kappa shape index (κ3) is 2.82. The van der Waals surface area contributed by atoms with Gasteiger partial charge in [0.25, 0.3) is 5.91 Å². The van der Waals surface area contributed by atoms with Crippen LogP contribution in [-0.4, -0.2) is 34.5 Å². The maximum absolute atomic E-state index is 12.3. The number of aliphatic carboxylic acids is 1. The molecule has 0 radical (unpaired) electrons. The highest BCUT2D eigenvalue weighted by molar-refractivity contribution is 14.1. The van der Waals surface area contributed by atoms with Gasteiger partial charge in [0, 0.05) is 15.7 Å². The van der Waals surface area contributed by atoms with Crippen molar-refractivity contribution in [2.75, 3.05) is 6.54 Å². The SMILES string of the molecule is O=C(O)[C@H]1CCCCN1C(=O)c1cccc(I)c1. The Hall–Kier alpha value is -1.11. The molecule has 0 aromatic heterocycles. The predicted molar refractivity (Wildman–Crippen MR) is 75.5 cm³/mol. The fraction of sp³-hybridized carbons (Fsp3) is 0.385. The summed E-state index contributed by atoms with van der Waals surface area (Å²) < 4.78 is 0.974. The van der Waals surface area contributed by atoms with Crippen LogP contribution >= 0.6 is 22.6 Å². The molecule has 0 spiro atoms. The number of hydrogen-bond donors (Lipinski definition) is 1. The number of amides is 1. The van der Waals surface area contributed by atoms with Crippen LogP contribution in [0, 0.1) is 3.57 Å². The molecule has 1 heterocycles. The van der Waals surface area contributed by atoms with Crippen molar-refractivity contribution in [3.8, 4) is 0 Å². The van der Waals surface area contributed by atoms with Gasteiger partial charge in [-0.05, 0) is 60.1 Å². The van der Waals surface area contributed by atoms with E-state index in [1.807, 2.05) is 12.1 Å². The van der Waals surface area contributed by atoms with Gasteiger partial charge in [-0.15, -0.1) is 0 Å². The number of carboxylic acid groups (broad SMARTS) is 1. The van der Waals surface area contributed by atoms with Crippen LogP contribution in [0.3, 0.4) is 0 Å². The predicted octanol–water partition coefficient (Wildman–Crippen LogP) is 2.37. The molecule has 1 aliphatic heterocycles. The molecule has 96 valence electrons. The second-order valence-electron chi connectivity index (χ2n) is 4.36. The van der Waals surface area contributed by atoms with Crippen LogP contribution < -0.4 is 0 Å². The molecule has 0 saturated carbocycles. The first kappa shape index (κ1) is 13.3. The lowest BCUT2D eigenvalue weighted by molar-refractivity contribution is -0.143. The van der Waals surface area contributed by atoms with E-state index >= 15 is 0 Å². The largest absolute Gasteiger partial charge is 0.480 e. The van der Waals surface area contributed by atoms with Gasteiger partial charge in [-0.3, -0.25) is 4.79 Å². The maximum atomic E-state index is 12.3. The number of carbonyl (C=O) groups excluding carboxylic acids is 1. The highest BCUT2D eigenvalue weighted by Gasteiger charge is 2.32. The highest BCUT2D eigenvalue weighted by Crippen LogP contribution is 2.20. The molecule has 5 heteroatoms. The van der Waals surface area contributed by atoms with Gasteiger partial charge in [0.2, 0.25) is 0 Å². The highest BCUT2D eigenvalue weighted by atomic mass is 127. The van der Waals surface area contributed by atoms with Gasteiger partial charge in [-0.1, -0.05) is 6.07 Å². The normalized spacial score (nSPS) is 19.6. The summed E-state index contributed by atoms with van der Waals surface area (Å²) in [6, 6.07) is 6.56. The minimum Gasteiger partial charge on any atom is -0.480 e. The molecule has 1 aromatic carbocycles. The Balaban J connectivity index is 2.23. The lowest BCUT2D eigenvalue weighted by Gasteiger charge is -2.33. The molecule has 1 fully saturated rings. The summed E-state index contributed by atoms with van der Waals surface area (Å²) >= 11 is 2.14. The zero-order valence-electron chi connectivity index (χ0n) is 9.80. The van der Waals surface area contributed by atoms with Gasteiger partial charge in [-0.25, -0.2) is 4.79 Å². The van der Waals surface area contributed by atoms with E-state index in [1.165, 1.54) is 4.90 Å². The Morgan fingerprint density at radius 2 is 2.11 bits per heavy atom. The fourth-order valence-corrected chi connectivity index (χ4v) is 2.76. The van der Waals surface area contributed by atoms with Crippen molar-refractivity contribution in [1.29, 1.82) is 0 Å². The van der Waals surface area contributed by atoms with Crippen molar-refractivity contribution >= 4 is 34.5 Å². The van der Waals surface area contributed by atoms with Crippen LogP contribution in [-0.2, 0) is 4.79 Å². The van der Waals surface area contributed by atoms with Gasteiger partial charge in [0.1, 0.15) is 6.04 Å². The average molecular weight is 359 g/mol. The maximum Gasteiger partial charge on any atom is 0.326 e. The number of hydrogen-bond acceptors (Lipinski definition) is 2. The molecule has 1 amide bonds. The number of carbonyl (C=O) groups is 2. The first-order chi connectivity index (χ1) is 8.59. The number of nitrogens with zero attached hydrogens (tertiary/aromatic N) is 1. The molecule has 0 bridgehead atoms. The van der Waals surface area contributed by atoms with E-state index in [4.69, 9.17) is 5.11 Å². The van der Waals surface area contributed by atoms with E-state index in [9.17, 15) is 9.59 Å². The van der Waals surface area contributed by atoms with Gasteiger partial charge < -0.3 is 10.0 Å². The van der Waals surface area contributed by atoms with Crippen LogP contribution in [0.4, 0.5) is 0 Å². The third-order valence-electron chi connectivity index (χ3n) is 3.12. The second kappa shape index (κ2) is 5.69. The smallest absolute Gasteiger partial charge is 0.326 e. The van der Waals surface area contributed by atoms with E-state index in [0.717, 1.165) is 16.4 Å². The van der Waals surface area contributed by atoms with Crippen molar-refractivity contribution in [2.45, 2.75) is 25.3 Å². The number of likely N-dealkylation sites (tertiary alicyclic amines) is 1. The molecule has 1 aromatic rings. The van der Waals surface area contributed by atoms with Crippen LogP contribution in [0.25, 0.3) is 0 Å². The van der Waals surface area contributed by atoms with Gasteiger partial charge in [0.15, 0.2) is 0 Å². The fourth-order valence-electron chi connectivity index (χ4n) is 2.22. The molecular weight excluding hydrogens is 345 g/mol. The molecule has 1 aliphatic rings. The van der Waals surface area contributed by atoms with Crippen molar-refractivity contribution in [1.82, 2.24) is 4.90 Å². The monoisotopic (exact) mass is 359 g/mol. The minimum absolute atomic E-state index is 0.180. The lowest BCUT2D eigenvalue weighted by atomic mass is 10.0. The van der Waals surface area contributed by atoms with E-state index in [1.54, 1.807) is 12.1 Å². The summed E-state index contributed by atoms with van der Waals surface area (Å²) in [5.41, 5.74) is 0.565. The van der Waals surface area contributed by atoms with Crippen LogP contribution in [0.2, 0.25) is 0 Å². The Bertz CT molecular complexity index is 475. The Morgan fingerprint density at radius 3 is 2.78 bits per heavy atom. The number of halogens is 1. The van der Waals surface area contributed by atoms with E-state index in [2.05, 4.69) is 22.6 Å². The number of rotatable bonds is 2. The summed E-state index contributed by atoms with van der Waals surface area (Å²) in [6.07, 6.45) is 2.29. The molecule has 1 N–H and O–H groups in total. The lowest BCUT2D eigenvalue weighted by Crippen LogP contribution is -2.48. The van der Waals surface area contributed by atoms with E-state index in [0.29, 0.717) is 18.5 Å². The second-order valence-corrected chi connectivity index (χ2v) is 5.60. The Labute approximate surface area is 119 Å². The standard InChI is InChI=1S/C13H14INO3/c14-10-5-3-4-9(8-10)12(16)15-7-2-1-6-11(15)13(17)18/h3-5,8,11H,1-2,6-7H2,(H,17,18)/t11-/m1/s1. The number of benzene rings is 1. The topological polar surface area (TPSA) is 57.6 Å². The molecule has 0 aliphatic carbocycles. The Kier molecular flexibility index (Phi) is 4.21. The van der Waals surface area contributed by atoms with Crippen LogP contribution in [0.15, 0.2) is 24.3 Å². The molecule has 18 heavy (non-hydrogen) atoms. The summed E-state index contributed by atoms with van der Waals surface area (Å²) in [4.78, 5) is 25.0. The first-order valence-corrected chi connectivity index (χ1v) is 6.97. The molecule has 0 unspecified atom stereocenters. The van der Waals surface area contributed by atoms with Gasteiger partial charge >= 0.3 is 5.97 Å². The molecule has 1 saturated heterocycles. The summed E-state index contributed by atoms with van der Waals surface area (Å²) in [5.74, 6) is -1.09. The Morgan fingerprint density at radius 1 is 1.33 bits per heavy atom. The third-order valence-corrected chi connectivity index (χ3v) is 3.79. The zero-order valence-corrected chi connectivity index (χ0v) is 12.0. The van der Waals surface area contributed by atoms with Crippen molar-refractivity contribution < 1.29 is 14.7 Å². The molecule has 1 atom stereocenters. The molecular formula is C13H14INO3. The van der Waals surface area contributed by atoms with Crippen molar-refractivity contribution in [2.24, 2.45) is 0 Å². The molecule has 4 nitrogen and oxygen atoms in total. The average Bonchev–Trinajstić information content (AvgIpc) is 2.38. The quantitative estimate of drug-likeness (QED) is 0.825. The number of piperidine rings is 1. The summed E-state index contributed by atoms with van der Waals surface area (Å²) in [6.45, 7) is 0.529. The van der Waals surface area contributed by atoms with Gasteiger partial charge in [0.05, 0.1) is 0 Å². The van der Waals surface area contributed by atoms with Crippen molar-refractivity contribution in [3.63, 3.8) is 0 Å².